The molecule has 3 N–H and O–H groups in total. The Hall–Kier alpha value is -1.13. The van der Waals surface area contributed by atoms with Gasteiger partial charge in [-0.2, -0.15) is 0 Å². The Morgan fingerprint density at radius 3 is 1.71 bits per heavy atom. The summed E-state index contributed by atoms with van der Waals surface area (Å²) in [5.74, 6) is -0.916. The summed E-state index contributed by atoms with van der Waals surface area (Å²) in [7, 11) is 0. The fourth-order valence-electron chi connectivity index (χ4n) is 3.20. The molecule has 0 bridgehead atoms. The SMILES string of the molecule is C[C@H](O)C/C=C/CC/C=C/CCCCCCCCCCCC[C@H](O)CC(=O)O. The van der Waals surface area contributed by atoms with Gasteiger partial charge in [0.1, 0.15) is 0 Å². The van der Waals surface area contributed by atoms with Crippen molar-refractivity contribution in [1.82, 2.24) is 0 Å². The number of hydrogen-bond donors (Lipinski definition) is 3. The number of aliphatic hydroxyl groups is 2. The van der Waals surface area contributed by atoms with E-state index in [-0.39, 0.29) is 12.5 Å². The van der Waals surface area contributed by atoms with E-state index < -0.39 is 12.1 Å². The zero-order valence-corrected chi connectivity index (χ0v) is 18.0. The molecule has 2 atom stereocenters. The third kappa shape index (κ3) is 22.9. The van der Waals surface area contributed by atoms with Gasteiger partial charge in [-0.15, -0.1) is 0 Å². The molecule has 4 nitrogen and oxygen atoms in total. The summed E-state index contributed by atoms with van der Waals surface area (Å²) in [5.41, 5.74) is 0. The Labute approximate surface area is 172 Å². The Bertz CT molecular complexity index is 401. The van der Waals surface area contributed by atoms with Crippen molar-refractivity contribution in [2.24, 2.45) is 0 Å². The molecule has 0 aromatic heterocycles. The molecular weight excluding hydrogens is 352 g/mol. The van der Waals surface area contributed by atoms with Crippen LogP contribution in [-0.4, -0.2) is 33.5 Å². The minimum absolute atomic E-state index is 0.127. The highest BCUT2D eigenvalue weighted by molar-refractivity contribution is 5.67. The summed E-state index contributed by atoms with van der Waals surface area (Å²) < 4.78 is 0. The summed E-state index contributed by atoms with van der Waals surface area (Å²) >= 11 is 0. The van der Waals surface area contributed by atoms with Crippen LogP contribution in [0.4, 0.5) is 0 Å². The maximum absolute atomic E-state index is 10.4. The van der Waals surface area contributed by atoms with Crippen molar-refractivity contribution in [1.29, 1.82) is 0 Å². The molecule has 164 valence electrons. The molecule has 0 saturated heterocycles. The molecule has 0 aromatic carbocycles. The molecule has 0 aliphatic carbocycles. The van der Waals surface area contributed by atoms with Gasteiger partial charge in [0.15, 0.2) is 0 Å². The maximum Gasteiger partial charge on any atom is 0.305 e. The van der Waals surface area contributed by atoms with E-state index in [0.717, 1.165) is 32.1 Å². The smallest absolute Gasteiger partial charge is 0.305 e. The number of aliphatic carboxylic acids is 1. The first-order valence-corrected chi connectivity index (χ1v) is 11.4. The van der Waals surface area contributed by atoms with Gasteiger partial charge in [0.05, 0.1) is 18.6 Å². The number of carbonyl (C=O) groups is 1. The Kier molecular flexibility index (Phi) is 19.8. The van der Waals surface area contributed by atoms with Crippen molar-refractivity contribution >= 4 is 5.97 Å². The Morgan fingerprint density at radius 2 is 1.18 bits per heavy atom. The second-order valence-electron chi connectivity index (χ2n) is 7.97. The lowest BCUT2D eigenvalue weighted by Gasteiger charge is -2.07. The lowest BCUT2D eigenvalue weighted by atomic mass is 10.0. The summed E-state index contributed by atoms with van der Waals surface area (Å²) in [6.07, 6.45) is 24.8. The van der Waals surface area contributed by atoms with Crippen molar-refractivity contribution in [3.05, 3.63) is 24.3 Å². The standard InChI is InChI=1S/C24H44O4/c1-22(25)19-17-15-13-11-9-7-5-3-2-4-6-8-10-12-14-16-18-20-23(26)21-24(27)28/h7,9,15,17,22-23,25-26H,2-6,8,10-14,16,18-21H2,1H3,(H,27,28)/b9-7+,17-15+/t22-,23-/m0/s1. The van der Waals surface area contributed by atoms with Gasteiger partial charge in [-0.1, -0.05) is 82.1 Å². The van der Waals surface area contributed by atoms with Gasteiger partial charge >= 0.3 is 5.97 Å². The lowest BCUT2D eigenvalue weighted by molar-refractivity contribution is -0.139. The van der Waals surface area contributed by atoms with Crippen LogP contribution < -0.4 is 0 Å². The number of carboxylic acid groups (broad SMARTS) is 1. The topological polar surface area (TPSA) is 77.8 Å². The van der Waals surface area contributed by atoms with E-state index in [1.807, 2.05) is 6.92 Å². The van der Waals surface area contributed by atoms with E-state index in [9.17, 15) is 9.90 Å². The first-order valence-electron chi connectivity index (χ1n) is 11.4. The molecule has 0 amide bonds. The zero-order valence-electron chi connectivity index (χ0n) is 18.0. The fraction of sp³-hybridized carbons (Fsp3) is 0.792. The quantitative estimate of drug-likeness (QED) is 0.170. The van der Waals surface area contributed by atoms with Crippen LogP contribution in [0.15, 0.2) is 24.3 Å². The third-order valence-electron chi connectivity index (χ3n) is 4.88. The molecule has 28 heavy (non-hydrogen) atoms. The third-order valence-corrected chi connectivity index (χ3v) is 4.88. The van der Waals surface area contributed by atoms with Gasteiger partial charge in [-0.25, -0.2) is 0 Å². The highest BCUT2D eigenvalue weighted by atomic mass is 16.4. The average Bonchev–Trinajstić information content (AvgIpc) is 2.62. The van der Waals surface area contributed by atoms with Crippen LogP contribution in [0.25, 0.3) is 0 Å². The fourth-order valence-corrected chi connectivity index (χ4v) is 3.20. The molecule has 4 heteroatoms. The minimum Gasteiger partial charge on any atom is -0.481 e. The monoisotopic (exact) mass is 396 g/mol. The molecule has 0 saturated carbocycles. The minimum atomic E-state index is -0.916. The maximum atomic E-state index is 10.4. The average molecular weight is 397 g/mol. The predicted molar refractivity (Wildman–Crippen MR) is 117 cm³/mol. The summed E-state index contributed by atoms with van der Waals surface area (Å²) in [6, 6.07) is 0. The lowest BCUT2D eigenvalue weighted by Crippen LogP contribution is -2.12. The van der Waals surface area contributed by atoms with Crippen LogP contribution in [0, 0.1) is 0 Å². The molecule has 0 heterocycles. The molecule has 0 unspecified atom stereocenters. The van der Waals surface area contributed by atoms with Gasteiger partial charge in [0.25, 0.3) is 0 Å². The van der Waals surface area contributed by atoms with Gasteiger partial charge in [0, 0.05) is 0 Å². The summed E-state index contributed by atoms with van der Waals surface area (Å²) in [6.45, 7) is 1.81. The zero-order chi connectivity index (χ0) is 20.9. The van der Waals surface area contributed by atoms with Crippen LogP contribution in [0.1, 0.15) is 110 Å². The number of carboxylic acids is 1. The summed E-state index contributed by atoms with van der Waals surface area (Å²) in [4.78, 5) is 10.4. The van der Waals surface area contributed by atoms with E-state index >= 15 is 0 Å². The van der Waals surface area contributed by atoms with Gasteiger partial charge in [-0.3, -0.25) is 4.79 Å². The van der Waals surface area contributed by atoms with E-state index in [2.05, 4.69) is 24.3 Å². The highest BCUT2D eigenvalue weighted by Crippen LogP contribution is 2.13. The van der Waals surface area contributed by atoms with Crippen LogP contribution in [-0.2, 0) is 4.79 Å². The van der Waals surface area contributed by atoms with Crippen LogP contribution in [0.2, 0.25) is 0 Å². The van der Waals surface area contributed by atoms with Crippen molar-refractivity contribution in [2.45, 2.75) is 122 Å². The van der Waals surface area contributed by atoms with E-state index in [0.29, 0.717) is 6.42 Å². The number of aliphatic hydroxyl groups excluding tert-OH is 2. The molecule has 0 aromatic rings. The van der Waals surface area contributed by atoms with Crippen molar-refractivity contribution in [2.75, 3.05) is 0 Å². The van der Waals surface area contributed by atoms with Gasteiger partial charge in [0.2, 0.25) is 0 Å². The molecule has 0 spiro atoms. The molecule has 0 aliphatic rings. The second-order valence-corrected chi connectivity index (χ2v) is 7.97. The molecule has 0 rings (SSSR count). The normalized spacial score (nSPS) is 14.1. The van der Waals surface area contributed by atoms with Crippen LogP contribution in [0.5, 0.6) is 0 Å². The predicted octanol–water partition coefficient (Wildman–Crippen LogP) is 6.17. The molecular formula is C24H44O4. The van der Waals surface area contributed by atoms with Crippen molar-refractivity contribution in [3.8, 4) is 0 Å². The second kappa shape index (κ2) is 20.6. The molecule has 0 radical (unpaired) electrons. The highest BCUT2D eigenvalue weighted by Gasteiger charge is 2.08. The number of unbranched alkanes of at least 4 members (excludes halogenated alkanes) is 11. The van der Waals surface area contributed by atoms with Crippen LogP contribution in [0.3, 0.4) is 0 Å². The van der Waals surface area contributed by atoms with Gasteiger partial charge < -0.3 is 15.3 Å². The number of hydrogen-bond acceptors (Lipinski definition) is 3. The summed E-state index contributed by atoms with van der Waals surface area (Å²) in [5, 5.41) is 27.2. The van der Waals surface area contributed by atoms with Crippen molar-refractivity contribution in [3.63, 3.8) is 0 Å². The van der Waals surface area contributed by atoms with E-state index in [1.165, 1.54) is 57.8 Å². The first kappa shape index (κ1) is 26.9. The first-order chi connectivity index (χ1) is 13.5. The largest absolute Gasteiger partial charge is 0.481 e. The number of allylic oxidation sites excluding steroid dienone is 3. The molecule has 0 fully saturated rings. The molecule has 0 aliphatic heterocycles. The van der Waals surface area contributed by atoms with E-state index in [4.69, 9.17) is 10.2 Å². The van der Waals surface area contributed by atoms with Crippen LogP contribution >= 0.6 is 0 Å². The van der Waals surface area contributed by atoms with E-state index in [1.54, 1.807) is 0 Å². The number of rotatable bonds is 20. The van der Waals surface area contributed by atoms with Gasteiger partial charge in [-0.05, 0) is 45.4 Å². The Balaban J connectivity index is 3.20. The Morgan fingerprint density at radius 1 is 0.714 bits per heavy atom. The van der Waals surface area contributed by atoms with Crippen molar-refractivity contribution < 1.29 is 20.1 Å².